The molecular weight excluding hydrogens is 232 g/mol. The van der Waals surface area contributed by atoms with Crippen LogP contribution >= 0.6 is 15.9 Å². The Bertz CT molecular complexity index is 424. The van der Waals surface area contributed by atoms with E-state index in [4.69, 9.17) is 5.11 Å². The van der Waals surface area contributed by atoms with Crippen LogP contribution in [0, 0.1) is 0 Å². The lowest BCUT2D eigenvalue weighted by Crippen LogP contribution is -1.91. The molecule has 2 aromatic rings. The first-order valence-corrected chi connectivity index (χ1v) is 4.84. The van der Waals surface area contributed by atoms with Crippen molar-refractivity contribution in [1.29, 1.82) is 0 Å². The Morgan fingerprint density at radius 2 is 2.31 bits per heavy atom. The Hall–Kier alpha value is -0.870. The van der Waals surface area contributed by atoms with Crippen LogP contribution in [-0.4, -0.2) is 21.7 Å². The summed E-state index contributed by atoms with van der Waals surface area (Å²) in [5.74, 6) is 0.824. The molecule has 2 rings (SSSR count). The summed E-state index contributed by atoms with van der Waals surface area (Å²) in [5.41, 5.74) is 1.92. The van der Waals surface area contributed by atoms with Crippen LogP contribution in [-0.2, 0) is 6.42 Å². The summed E-state index contributed by atoms with van der Waals surface area (Å²) in [5, 5.41) is 8.74. The highest BCUT2D eigenvalue weighted by Crippen LogP contribution is 2.21. The fraction of sp³-hybridized carbons (Fsp3) is 0.222. The zero-order valence-corrected chi connectivity index (χ0v) is 8.50. The maximum absolute atomic E-state index is 8.74. The van der Waals surface area contributed by atoms with Crippen molar-refractivity contribution in [2.75, 3.05) is 6.61 Å². The molecule has 4 heteroatoms. The van der Waals surface area contributed by atoms with Crippen LogP contribution in [0.2, 0.25) is 0 Å². The summed E-state index contributed by atoms with van der Waals surface area (Å²) in [6, 6.07) is 5.87. The smallest absolute Gasteiger partial charge is 0.109 e. The monoisotopic (exact) mass is 240 g/mol. The van der Waals surface area contributed by atoms with Crippen molar-refractivity contribution in [3.05, 3.63) is 28.5 Å². The van der Waals surface area contributed by atoms with Crippen molar-refractivity contribution in [3.8, 4) is 0 Å². The van der Waals surface area contributed by atoms with Crippen molar-refractivity contribution in [3.63, 3.8) is 0 Å². The molecule has 13 heavy (non-hydrogen) atoms. The maximum Gasteiger partial charge on any atom is 0.109 e. The van der Waals surface area contributed by atoms with Gasteiger partial charge in [-0.1, -0.05) is 6.07 Å². The predicted octanol–water partition coefficient (Wildman–Crippen LogP) is 1.86. The average molecular weight is 241 g/mol. The largest absolute Gasteiger partial charge is 0.396 e. The molecular formula is C9H9BrN2O. The highest BCUT2D eigenvalue weighted by atomic mass is 79.9. The second-order valence-corrected chi connectivity index (χ2v) is 3.65. The second-order valence-electron chi connectivity index (χ2n) is 2.79. The number of H-pyrrole nitrogens is 1. The molecule has 0 saturated heterocycles. The summed E-state index contributed by atoms with van der Waals surface area (Å²) in [6.07, 6.45) is 0.571. The van der Waals surface area contributed by atoms with Crippen molar-refractivity contribution in [2.24, 2.45) is 0 Å². The Kier molecular flexibility index (Phi) is 2.33. The standard InChI is InChI=1S/C9H9BrN2O/c10-6-2-1-3-7-9(6)12-8(11-7)4-5-13/h1-3,13H,4-5H2,(H,11,12). The minimum atomic E-state index is 0.122. The second kappa shape index (κ2) is 3.47. The van der Waals surface area contributed by atoms with Crippen molar-refractivity contribution in [2.45, 2.75) is 6.42 Å². The molecule has 68 valence electrons. The third-order valence-corrected chi connectivity index (χ3v) is 2.50. The number of nitrogens with one attached hydrogen (secondary N) is 1. The average Bonchev–Trinajstić information content (AvgIpc) is 2.49. The molecule has 0 bridgehead atoms. The molecule has 1 aromatic heterocycles. The number of rotatable bonds is 2. The van der Waals surface area contributed by atoms with E-state index in [0.29, 0.717) is 6.42 Å². The number of benzene rings is 1. The summed E-state index contributed by atoms with van der Waals surface area (Å²) in [6.45, 7) is 0.122. The van der Waals surface area contributed by atoms with Gasteiger partial charge in [0.1, 0.15) is 11.3 Å². The lowest BCUT2D eigenvalue weighted by atomic mass is 10.3. The summed E-state index contributed by atoms with van der Waals surface area (Å²) in [4.78, 5) is 7.48. The van der Waals surface area contributed by atoms with Gasteiger partial charge in [0.15, 0.2) is 0 Å². The van der Waals surface area contributed by atoms with Crippen molar-refractivity contribution < 1.29 is 5.11 Å². The number of aromatic nitrogens is 2. The first kappa shape index (κ1) is 8.72. The summed E-state index contributed by atoms with van der Waals surface area (Å²) >= 11 is 3.42. The SMILES string of the molecule is OCCc1nc2c(Br)cccc2[nH]1. The number of hydrogen-bond donors (Lipinski definition) is 2. The van der Waals surface area contributed by atoms with Gasteiger partial charge in [-0.25, -0.2) is 4.98 Å². The normalized spacial score (nSPS) is 10.9. The topological polar surface area (TPSA) is 48.9 Å². The van der Waals surface area contributed by atoms with Gasteiger partial charge in [0, 0.05) is 10.9 Å². The van der Waals surface area contributed by atoms with Gasteiger partial charge in [0.25, 0.3) is 0 Å². The summed E-state index contributed by atoms with van der Waals surface area (Å²) < 4.78 is 0.977. The van der Waals surface area contributed by atoms with E-state index in [0.717, 1.165) is 21.3 Å². The fourth-order valence-corrected chi connectivity index (χ4v) is 1.73. The zero-order chi connectivity index (χ0) is 9.26. The van der Waals surface area contributed by atoms with Crippen LogP contribution in [0.15, 0.2) is 22.7 Å². The van der Waals surface area contributed by atoms with Gasteiger partial charge in [-0.05, 0) is 28.1 Å². The number of hydrogen-bond acceptors (Lipinski definition) is 2. The number of imidazole rings is 1. The van der Waals surface area contributed by atoms with E-state index in [1.165, 1.54) is 0 Å². The molecule has 0 radical (unpaired) electrons. The van der Waals surface area contributed by atoms with Crippen LogP contribution < -0.4 is 0 Å². The Balaban J connectivity index is 2.55. The van der Waals surface area contributed by atoms with E-state index >= 15 is 0 Å². The van der Waals surface area contributed by atoms with Crippen LogP contribution in [0.4, 0.5) is 0 Å². The third kappa shape index (κ3) is 1.59. The Labute approximate surface area is 83.9 Å². The molecule has 2 N–H and O–H groups in total. The predicted molar refractivity (Wildman–Crippen MR) is 54.6 cm³/mol. The van der Waals surface area contributed by atoms with Crippen LogP contribution in [0.25, 0.3) is 11.0 Å². The molecule has 0 aliphatic heterocycles. The molecule has 0 saturated carbocycles. The van der Waals surface area contributed by atoms with E-state index in [9.17, 15) is 0 Å². The molecule has 3 nitrogen and oxygen atoms in total. The number of para-hydroxylation sites is 1. The Morgan fingerprint density at radius 3 is 3.00 bits per heavy atom. The quantitative estimate of drug-likeness (QED) is 0.843. The first-order chi connectivity index (χ1) is 6.31. The van der Waals surface area contributed by atoms with Gasteiger partial charge in [0.05, 0.1) is 12.1 Å². The van der Waals surface area contributed by atoms with Gasteiger partial charge < -0.3 is 10.1 Å². The molecule has 1 heterocycles. The highest BCUT2D eigenvalue weighted by Gasteiger charge is 2.04. The number of nitrogens with zero attached hydrogens (tertiary/aromatic N) is 1. The maximum atomic E-state index is 8.74. The zero-order valence-electron chi connectivity index (χ0n) is 6.92. The molecule has 0 unspecified atom stereocenters. The number of aromatic amines is 1. The van der Waals surface area contributed by atoms with Crippen molar-refractivity contribution >= 4 is 27.0 Å². The van der Waals surface area contributed by atoms with E-state index in [-0.39, 0.29) is 6.61 Å². The number of aliphatic hydroxyl groups excluding tert-OH is 1. The minimum absolute atomic E-state index is 0.122. The van der Waals surface area contributed by atoms with Gasteiger partial charge in [-0.3, -0.25) is 0 Å². The van der Waals surface area contributed by atoms with Crippen molar-refractivity contribution in [1.82, 2.24) is 9.97 Å². The van der Waals surface area contributed by atoms with Crippen LogP contribution in [0.1, 0.15) is 5.82 Å². The minimum Gasteiger partial charge on any atom is -0.396 e. The molecule has 0 aliphatic carbocycles. The Morgan fingerprint density at radius 1 is 1.46 bits per heavy atom. The number of fused-ring (bicyclic) bond motifs is 1. The van der Waals surface area contributed by atoms with E-state index in [2.05, 4.69) is 25.9 Å². The number of aliphatic hydroxyl groups is 1. The number of halogens is 1. The van der Waals surface area contributed by atoms with E-state index in [1.54, 1.807) is 0 Å². The molecule has 0 spiro atoms. The summed E-state index contributed by atoms with van der Waals surface area (Å²) in [7, 11) is 0. The van der Waals surface area contributed by atoms with Crippen LogP contribution in [0.3, 0.4) is 0 Å². The van der Waals surface area contributed by atoms with Gasteiger partial charge in [0.2, 0.25) is 0 Å². The third-order valence-electron chi connectivity index (χ3n) is 1.86. The highest BCUT2D eigenvalue weighted by molar-refractivity contribution is 9.10. The molecule has 0 amide bonds. The molecule has 0 fully saturated rings. The molecule has 0 aliphatic rings. The van der Waals surface area contributed by atoms with E-state index in [1.807, 2.05) is 18.2 Å². The lowest BCUT2D eigenvalue weighted by molar-refractivity contribution is 0.297. The first-order valence-electron chi connectivity index (χ1n) is 4.05. The fourth-order valence-electron chi connectivity index (χ4n) is 1.27. The van der Waals surface area contributed by atoms with Crippen LogP contribution in [0.5, 0.6) is 0 Å². The van der Waals surface area contributed by atoms with Gasteiger partial charge >= 0.3 is 0 Å². The molecule has 0 atom stereocenters. The molecule has 1 aromatic carbocycles. The lowest BCUT2D eigenvalue weighted by Gasteiger charge is -1.88. The van der Waals surface area contributed by atoms with Gasteiger partial charge in [-0.15, -0.1) is 0 Å². The van der Waals surface area contributed by atoms with Gasteiger partial charge in [-0.2, -0.15) is 0 Å². The van der Waals surface area contributed by atoms with E-state index < -0.39 is 0 Å².